The minimum Gasteiger partial charge on any atom is -0.338 e. The lowest BCUT2D eigenvalue weighted by Gasteiger charge is -2.17. The zero-order valence-corrected chi connectivity index (χ0v) is 20.1. The number of amides is 2. The largest absolute Gasteiger partial charge is 0.338 e. The highest BCUT2D eigenvalue weighted by Gasteiger charge is 2.20. The molecule has 0 atom stereocenters. The Morgan fingerprint density at radius 3 is 2.69 bits per heavy atom. The number of anilines is 1. The minimum atomic E-state index is -0.199. The number of hydrogen-bond donors (Lipinski definition) is 2. The molecule has 1 aliphatic rings. The quantitative estimate of drug-likeness (QED) is 0.424. The SMILES string of the molecule is CCN(CC)CCCCCCNC(=O)Nc1ccc(Cl)c(C2=Nc3ncc(C)cc3C2)c1. The van der Waals surface area contributed by atoms with E-state index in [0.29, 0.717) is 23.7 Å². The van der Waals surface area contributed by atoms with Crippen LogP contribution in [0.3, 0.4) is 0 Å². The number of unbranched alkanes of at least 4 members (excludes halogenated alkanes) is 3. The van der Waals surface area contributed by atoms with Gasteiger partial charge in [-0.25, -0.2) is 14.8 Å². The zero-order valence-electron chi connectivity index (χ0n) is 19.4. The van der Waals surface area contributed by atoms with E-state index in [0.717, 1.165) is 60.7 Å². The summed E-state index contributed by atoms with van der Waals surface area (Å²) in [5.74, 6) is 0.745. The summed E-state index contributed by atoms with van der Waals surface area (Å²) in [6, 6.07) is 7.39. The number of urea groups is 1. The molecule has 2 amide bonds. The predicted octanol–water partition coefficient (Wildman–Crippen LogP) is 5.74. The van der Waals surface area contributed by atoms with Crippen LogP contribution in [0.5, 0.6) is 0 Å². The minimum absolute atomic E-state index is 0.199. The summed E-state index contributed by atoms with van der Waals surface area (Å²) in [4.78, 5) is 23.8. The predicted molar refractivity (Wildman–Crippen MR) is 134 cm³/mol. The normalized spacial score (nSPS) is 12.6. The van der Waals surface area contributed by atoms with E-state index in [1.807, 2.05) is 25.3 Å². The molecule has 0 radical (unpaired) electrons. The second kappa shape index (κ2) is 12.0. The number of pyridine rings is 1. The van der Waals surface area contributed by atoms with Crippen molar-refractivity contribution >= 4 is 34.8 Å². The molecule has 0 saturated heterocycles. The lowest BCUT2D eigenvalue weighted by atomic mass is 10.0. The highest BCUT2D eigenvalue weighted by Crippen LogP contribution is 2.31. The van der Waals surface area contributed by atoms with Gasteiger partial charge in [0.05, 0.1) is 5.71 Å². The van der Waals surface area contributed by atoms with Crippen molar-refractivity contribution in [3.63, 3.8) is 0 Å². The van der Waals surface area contributed by atoms with Crippen molar-refractivity contribution in [3.8, 4) is 0 Å². The molecule has 0 spiro atoms. The third kappa shape index (κ3) is 6.78. The van der Waals surface area contributed by atoms with Crippen LogP contribution in [0.4, 0.5) is 16.3 Å². The number of aryl methyl sites for hydroxylation is 1. The van der Waals surface area contributed by atoms with Crippen molar-refractivity contribution in [2.75, 3.05) is 31.5 Å². The smallest absolute Gasteiger partial charge is 0.319 e. The first-order valence-corrected chi connectivity index (χ1v) is 12.0. The van der Waals surface area contributed by atoms with Gasteiger partial charge in [0.15, 0.2) is 5.82 Å². The second-order valence-electron chi connectivity index (χ2n) is 8.25. The third-order valence-electron chi connectivity index (χ3n) is 5.79. The van der Waals surface area contributed by atoms with Gasteiger partial charge in [-0.2, -0.15) is 0 Å². The standard InChI is InChI=1S/C25H34ClN5O/c1-4-31(5-2)13-9-7-6-8-12-27-25(32)29-20-10-11-22(26)21(16-20)23-15-19-14-18(3)17-28-24(19)30-23/h10-11,14,16-17H,4-9,12-13,15H2,1-3H3,(H2,27,29,32). The molecule has 2 aromatic rings. The number of carbonyl (C=O) groups excluding carboxylic acids is 1. The Hall–Kier alpha value is -2.44. The lowest BCUT2D eigenvalue weighted by molar-refractivity contribution is 0.251. The number of rotatable bonds is 11. The average molecular weight is 456 g/mol. The molecule has 1 aromatic carbocycles. The molecule has 3 rings (SSSR count). The first-order valence-electron chi connectivity index (χ1n) is 11.6. The Kier molecular flexibility index (Phi) is 9.06. The highest BCUT2D eigenvalue weighted by molar-refractivity contribution is 6.34. The Morgan fingerprint density at radius 2 is 1.91 bits per heavy atom. The van der Waals surface area contributed by atoms with E-state index < -0.39 is 0 Å². The maximum atomic E-state index is 12.3. The molecule has 7 heteroatoms. The van der Waals surface area contributed by atoms with Gasteiger partial charge >= 0.3 is 6.03 Å². The van der Waals surface area contributed by atoms with Gasteiger partial charge in [0.1, 0.15) is 0 Å². The number of aliphatic imine (C=N–C) groups is 1. The number of nitrogens with zero attached hydrogens (tertiary/aromatic N) is 3. The molecule has 0 bridgehead atoms. The van der Waals surface area contributed by atoms with Crippen LogP contribution in [0, 0.1) is 6.92 Å². The van der Waals surface area contributed by atoms with Crippen molar-refractivity contribution in [1.29, 1.82) is 0 Å². The highest BCUT2D eigenvalue weighted by atomic mass is 35.5. The van der Waals surface area contributed by atoms with E-state index in [-0.39, 0.29) is 6.03 Å². The van der Waals surface area contributed by atoms with Crippen LogP contribution in [0.15, 0.2) is 35.5 Å². The maximum Gasteiger partial charge on any atom is 0.319 e. The van der Waals surface area contributed by atoms with Crippen molar-refractivity contribution < 1.29 is 4.79 Å². The van der Waals surface area contributed by atoms with E-state index in [9.17, 15) is 4.79 Å². The fourth-order valence-corrected chi connectivity index (χ4v) is 4.14. The van der Waals surface area contributed by atoms with Crippen LogP contribution in [0.2, 0.25) is 5.02 Å². The van der Waals surface area contributed by atoms with Gasteiger partial charge in [0, 0.05) is 41.0 Å². The molecular weight excluding hydrogens is 422 g/mol. The fourth-order valence-electron chi connectivity index (χ4n) is 3.91. The molecule has 32 heavy (non-hydrogen) atoms. The topological polar surface area (TPSA) is 69.6 Å². The summed E-state index contributed by atoms with van der Waals surface area (Å²) in [6.07, 6.45) is 7.02. The summed E-state index contributed by atoms with van der Waals surface area (Å²) < 4.78 is 0. The second-order valence-corrected chi connectivity index (χ2v) is 8.65. The van der Waals surface area contributed by atoms with Gasteiger partial charge < -0.3 is 15.5 Å². The number of nitrogens with one attached hydrogen (secondary N) is 2. The van der Waals surface area contributed by atoms with Crippen molar-refractivity contribution in [3.05, 3.63) is 52.2 Å². The van der Waals surface area contributed by atoms with Gasteiger partial charge in [0.2, 0.25) is 0 Å². The van der Waals surface area contributed by atoms with Crippen molar-refractivity contribution in [1.82, 2.24) is 15.2 Å². The number of fused-ring (bicyclic) bond motifs is 1. The molecule has 172 valence electrons. The maximum absolute atomic E-state index is 12.3. The number of carbonyl (C=O) groups is 1. The summed E-state index contributed by atoms with van der Waals surface area (Å²) in [6.45, 7) is 10.5. The van der Waals surface area contributed by atoms with Gasteiger partial charge in [-0.1, -0.05) is 44.4 Å². The first kappa shape index (κ1) is 24.2. The Morgan fingerprint density at radius 1 is 1.12 bits per heavy atom. The van der Waals surface area contributed by atoms with E-state index in [1.54, 1.807) is 6.07 Å². The van der Waals surface area contributed by atoms with E-state index in [1.165, 1.54) is 12.8 Å². The van der Waals surface area contributed by atoms with E-state index in [4.69, 9.17) is 11.6 Å². The van der Waals surface area contributed by atoms with E-state index in [2.05, 4.69) is 45.4 Å². The van der Waals surface area contributed by atoms with Crippen LogP contribution >= 0.6 is 11.6 Å². The summed E-state index contributed by atoms with van der Waals surface area (Å²) in [5, 5.41) is 6.47. The average Bonchev–Trinajstić information content (AvgIpc) is 3.20. The molecule has 2 N–H and O–H groups in total. The Labute approximate surface area is 196 Å². The van der Waals surface area contributed by atoms with Crippen LogP contribution in [0.1, 0.15) is 56.2 Å². The molecule has 0 unspecified atom stereocenters. The lowest BCUT2D eigenvalue weighted by Crippen LogP contribution is -2.29. The molecular formula is C25H34ClN5O. The summed E-state index contributed by atoms with van der Waals surface area (Å²) >= 11 is 6.44. The number of benzene rings is 1. The molecule has 1 aromatic heterocycles. The van der Waals surface area contributed by atoms with Crippen LogP contribution in [0.25, 0.3) is 0 Å². The zero-order chi connectivity index (χ0) is 22.9. The van der Waals surface area contributed by atoms with Crippen LogP contribution in [-0.4, -0.2) is 47.8 Å². The first-order chi connectivity index (χ1) is 15.5. The number of aromatic nitrogens is 1. The van der Waals surface area contributed by atoms with Gasteiger partial charge in [-0.3, -0.25) is 0 Å². The molecule has 1 aliphatic heterocycles. The molecule has 0 fully saturated rings. The van der Waals surface area contributed by atoms with Crippen molar-refractivity contribution in [2.24, 2.45) is 4.99 Å². The molecule has 6 nitrogen and oxygen atoms in total. The fraction of sp³-hybridized carbons (Fsp3) is 0.480. The van der Waals surface area contributed by atoms with Gasteiger partial charge in [0.25, 0.3) is 0 Å². The summed E-state index contributed by atoms with van der Waals surface area (Å²) in [5.41, 5.74) is 4.61. The third-order valence-corrected chi connectivity index (χ3v) is 6.12. The Bertz CT molecular complexity index is 955. The Balaban J connectivity index is 1.44. The van der Waals surface area contributed by atoms with Crippen LogP contribution in [-0.2, 0) is 6.42 Å². The molecule has 2 heterocycles. The molecule has 0 aliphatic carbocycles. The van der Waals surface area contributed by atoms with E-state index >= 15 is 0 Å². The molecule has 0 saturated carbocycles. The van der Waals surface area contributed by atoms with Gasteiger partial charge in [-0.05, 0) is 63.2 Å². The van der Waals surface area contributed by atoms with Crippen molar-refractivity contribution in [2.45, 2.75) is 52.9 Å². The summed E-state index contributed by atoms with van der Waals surface area (Å²) in [7, 11) is 0. The number of halogens is 1. The monoisotopic (exact) mass is 455 g/mol. The van der Waals surface area contributed by atoms with Gasteiger partial charge in [-0.15, -0.1) is 0 Å². The van der Waals surface area contributed by atoms with Crippen LogP contribution < -0.4 is 10.6 Å². The number of hydrogen-bond acceptors (Lipinski definition) is 4.